The molecule has 3 atom stereocenters. The number of carbonyl (C=O) groups excluding carboxylic acids is 3. The van der Waals surface area contributed by atoms with Crippen molar-refractivity contribution in [1.82, 2.24) is 15.1 Å². The van der Waals surface area contributed by atoms with Crippen molar-refractivity contribution in [2.45, 2.75) is 69.2 Å². The Morgan fingerprint density at radius 2 is 1.75 bits per heavy atom. The third-order valence-corrected chi connectivity index (χ3v) is 10.7. The van der Waals surface area contributed by atoms with Gasteiger partial charge in [-0.1, -0.05) is 24.3 Å². The minimum atomic E-state index is -1.18. The first-order valence-corrected chi connectivity index (χ1v) is 19.2. The van der Waals surface area contributed by atoms with Crippen LogP contribution in [0.2, 0.25) is 0 Å². The molecule has 1 aliphatic carbocycles. The molecule has 2 fully saturated rings. The van der Waals surface area contributed by atoms with Gasteiger partial charge >= 0.3 is 5.97 Å². The molecule has 3 aromatic carbocycles. The Balaban J connectivity index is 1.20. The molecule has 2 amide bonds. The maximum absolute atomic E-state index is 14.7. The second-order valence-electron chi connectivity index (χ2n) is 13.9. The number of rotatable bonds is 19. The molecule has 2 N–H and O–H groups in total. The highest BCUT2D eigenvalue weighted by Crippen LogP contribution is 2.37. The van der Waals surface area contributed by atoms with Gasteiger partial charge in [0.05, 0.1) is 43.6 Å². The van der Waals surface area contributed by atoms with Gasteiger partial charge in [-0.25, -0.2) is 4.39 Å². The summed E-state index contributed by atoms with van der Waals surface area (Å²) in [6.45, 7) is 1.78. The molecule has 0 aromatic heterocycles. The molecule has 0 radical (unpaired) electrons. The first-order valence-electron chi connectivity index (χ1n) is 18.4. The fourth-order valence-corrected chi connectivity index (χ4v) is 7.54. The Hall–Kier alpha value is -4.95. The predicted molar refractivity (Wildman–Crippen MR) is 204 cm³/mol. The van der Waals surface area contributed by atoms with Crippen LogP contribution in [-0.4, -0.2) is 103 Å². The molecule has 6 rings (SSSR count). The lowest BCUT2D eigenvalue weighted by atomic mass is 9.82. The standard InChI is InChI=1S/C41H45BrFN3O9/c1-52-31-11-13-32(14-12-31)53-18-16-46(30-9-10-30)41(51)40-34(20-29-23-45(24-36(40)44-29)38(48)21-33(55-25-47)22-39(49)50)27-6-4-26(5-7-27)3-2-17-54-37-19-28(43)8-15-35(37)42/h4-8,11-15,19,25,29-30,33,36,44H,2-3,9-10,16-18,20-24H2,1H3,(H,49,50)/t29-,33+,36-/m1/s1. The molecule has 2 aliphatic heterocycles. The zero-order valence-electron chi connectivity index (χ0n) is 30.6. The van der Waals surface area contributed by atoms with Crippen LogP contribution < -0.4 is 19.5 Å². The number of hydrogen-bond donors (Lipinski definition) is 2. The van der Waals surface area contributed by atoms with Crippen LogP contribution in [0.25, 0.3) is 5.57 Å². The van der Waals surface area contributed by atoms with Crippen LogP contribution >= 0.6 is 15.9 Å². The summed E-state index contributed by atoms with van der Waals surface area (Å²) in [6.07, 6.45) is 1.87. The number of piperazine rings is 1. The molecule has 2 heterocycles. The van der Waals surface area contributed by atoms with Gasteiger partial charge in [-0.15, -0.1) is 0 Å². The predicted octanol–water partition coefficient (Wildman–Crippen LogP) is 5.41. The smallest absolute Gasteiger partial charge is 0.307 e. The van der Waals surface area contributed by atoms with E-state index in [-0.39, 0.29) is 49.2 Å². The molecule has 14 heteroatoms. The highest BCUT2D eigenvalue weighted by molar-refractivity contribution is 9.10. The molecule has 1 saturated heterocycles. The molecule has 0 unspecified atom stereocenters. The lowest BCUT2D eigenvalue weighted by Crippen LogP contribution is -2.62. The van der Waals surface area contributed by atoms with E-state index < -0.39 is 24.5 Å². The van der Waals surface area contributed by atoms with Gasteiger partial charge in [0.15, 0.2) is 0 Å². The molecule has 292 valence electrons. The monoisotopic (exact) mass is 821 g/mol. The molecule has 12 nitrogen and oxygen atoms in total. The Bertz CT molecular complexity index is 1870. The van der Waals surface area contributed by atoms with Crippen molar-refractivity contribution < 1.29 is 47.6 Å². The number of aliphatic carboxylic acids is 1. The number of nitrogens with zero attached hydrogens (tertiary/aromatic N) is 2. The average molecular weight is 823 g/mol. The fourth-order valence-electron chi connectivity index (χ4n) is 7.18. The molecular weight excluding hydrogens is 777 g/mol. The molecule has 2 bridgehead atoms. The number of carbonyl (C=O) groups is 4. The lowest BCUT2D eigenvalue weighted by Gasteiger charge is -2.45. The summed E-state index contributed by atoms with van der Waals surface area (Å²) in [5, 5.41) is 12.9. The van der Waals surface area contributed by atoms with Crippen LogP contribution in [0.1, 0.15) is 49.7 Å². The maximum Gasteiger partial charge on any atom is 0.307 e. The molecule has 3 aromatic rings. The lowest BCUT2D eigenvalue weighted by molar-refractivity contribution is -0.147. The number of hydrogen-bond acceptors (Lipinski definition) is 9. The number of carboxylic acid groups (broad SMARTS) is 1. The maximum atomic E-state index is 14.7. The normalized spacial score (nSPS) is 18.3. The van der Waals surface area contributed by atoms with Crippen molar-refractivity contribution in [3.8, 4) is 17.2 Å². The number of halogens is 2. The average Bonchev–Trinajstić information content (AvgIpc) is 4.02. The fraction of sp³-hybridized carbons (Fsp3) is 0.415. The molecule has 55 heavy (non-hydrogen) atoms. The highest BCUT2D eigenvalue weighted by Gasteiger charge is 2.43. The number of amides is 2. The summed E-state index contributed by atoms with van der Waals surface area (Å²) in [7, 11) is 1.60. The molecule has 1 saturated carbocycles. The number of methoxy groups -OCH3 is 1. The SMILES string of the molecule is COc1ccc(OCCN(C(=O)C2=C(c3ccc(CCCOc4cc(F)ccc4Br)cc3)C[C@@H]3CN(C(=O)C[C@@H](CC(=O)O)OC=O)C[C@H]2N3)C2CC2)cc1. The second-order valence-corrected chi connectivity index (χ2v) is 14.8. The van der Waals surface area contributed by atoms with E-state index in [4.69, 9.17) is 18.9 Å². The van der Waals surface area contributed by atoms with E-state index in [1.807, 2.05) is 53.4 Å². The second kappa shape index (κ2) is 18.6. The van der Waals surface area contributed by atoms with Gasteiger partial charge in [-0.3, -0.25) is 19.2 Å². The van der Waals surface area contributed by atoms with Gasteiger partial charge in [0, 0.05) is 36.8 Å². The van der Waals surface area contributed by atoms with E-state index in [0.29, 0.717) is 60.7 Å². The largest absolute Gasteiger partial charge is 0.497 e. The summed E-state index contributed by atoms with van der Waals surface area (Å²) in [6, 6.07) is 19.2. The van der Waals surface area contributed by atoms with Crippen molar-refractivity contribution in [3.63, 3.8) is 0 Å². The summed E-state index contributed by atoms with van der Waals surface area (Å²) < 4.78 is 36.3. The third-order valence-electron chi connectivity index (χ3n) is 10.0. The van der Waals surface area contributed by atoms with E-state index in [1.54, 1.807) is 18.1 Å². The summed E-state index contributed by atoms with van der Waals surface area (Å²) in [5.74, 6) is -0.153. The molecule has 3 aliphatic rings. The van der Waals surface area contributed by atoms with Crippen LogP contribution in [0.4, 0.5) is 4.39 Å². The van der Waals surface area contributed by atoms with Crippen molar-refractivity contribution in [2.75, 3.05) is 40.0 Å². The number of ether oxygens (including phenoxy) is 4. The number of carboxylic acids is 1. The van der Waals surface area contributed by atoms with Crippen LogP contribution in [-0.2, 0) is 30.3 Å². The topological polar surface area (TPSA) is 144 Å². The van der Waals surface area contributed by atoms with Crippen molar-refractivity contribution in [3.05, 3.63) is 93.7 Å². The summed E-state index contributed by atoms with van der Waals surface area (Å²) in [5.41, 5.74) is 3.54. The Morgan fingerprint density at radius 1 is 1.00 bits per heavy atom. The molecule has 0 spiro atoms. The van der Waals surface area contributed by atoms with Gasteiger partial charge < -0.3 is 39.2 Å². The van der Waals surface area contributed by atoms with E-state index in [0.717, 1.165) is 41.7 Å². The Kier molecular flexibility index (Phi) is 13.4. The van der Waals surface area contributed by atoms with E-state index in [9.17, 15) is 28.7 Å². The van der Waals surface area contributed by atoms with Gasteiger partial charge in [0.2, 0.25) is 5.91 Å². The number of aryl methyl sites for hydroxylation is 1. The van der Waals surface area contributed by atoms with Crippen LogP contribution in [0.3, 0.4) is 0 Å². The van der Waals surface area contributed by atoms with Crippen LogP contribution in [0.15, 0.2) is 76.8 Å². The highest BCUT2D eigenvalue weighted by atomic mass is 79.9. The van der Waals surface area contributed by atoms with Crippen LogP contribution in [0.5, 0.6) is 17.2 Å². The minimum absolute atomic E-state index is 0.0784. The number of nitrogens with one attached hydrogen (secondary N) is 1. The quantitative estimate of drug-likeness (QED) is 0.119. The van der Waals surface area contributed by atoms with Crippen molar-refractivity contribution >= 4 is 45.8 Å². The van der Waals surface area contributed by atoms with Gasteiger partial charge in [-0.05, 0) is 101 Å². The van der Waals surface area contributed by atoms with E-state index in [2.05, 4.69) is 21.2 Å². The first-order chi connectivity index (χ1) is 26.6. The minimum Gasteiger partial charge on any atom is -0.497 e. The van der Waals surface area contributed by atoms with Crippen LogP contribution in [0, 0.1) is 5.82 Å². The van der Waals surface area contributed by atoms with Gasteiger partial charge in [0.25, 0.3) is 12.4 Å². The zero-order chi connectivity index (χ0) is 38.9. The molecular formula is C41H45BrFN3O9. The summed E-state index contributed by atoms with van der Waals surface area (Å²) in [4.78, 5) is 54.1. The number of fused-ring (bicyclic) bond motifs is 2. The van der Waals surface area contributed by atoms with Gasteiger partial charge in [-0.2, -0.15) is 0 Å². The Labute approximate surface area is 327 Å². The zero-order valence-corrected chi connectivity index (χ0v) is 32.2. The first kappa shape index (κ1) is 39.7. The van der Waals surface area contributed by atoms with Gasteiger partial charge in [0.1, 0.15) is 35.8 Å². The van der Waals surface area contributed by atoms with E-state index in [1.165, 1.54) is 12.1 Å². The number of benzene rings is 3. The summed E-state index contributed by atoms with van der Waals surface area (Å²) >= 11 is 3.39. The Morgan fingerprint density at radius 3 is 2.44 bits per heavy atom. The van der Waals surface area contributed by atoms with Crippen molar-refractivity contribution in [2.24, 2.45) is 0 Å². The van der Waals surface area contributed by atoms with E-state index >= 15 is 0 Å². The van der Waals surface area contributed by atoms with Crippen molar-refractivity contribution in [1.29, 1.82) is 0 Å². The third kappa shape index (κ3) is 10.6.